The molecule has 0 radical (unpaired) electrons. The molecular formula is C89H140O17P2. The second kappa shape index (κ2) is 78.8. The van der Waals surface area contributed by atoms with E-state index in [0.717, 1.165) is 193 Å². The van der Waals surface area contributed by atoms with Gasteiger partial charge >= 0.3 is 39.5 Å². The van der Waals surface area contributed by atoms with Crippen molar-refractivity contribution < 1.29 is 80.2 Å². The van der Waals surface area contributed by atoms with Crippen molar-refractivity contribution in [2.45, 2.75) is 290 Å². The molecule has 17 nitrogen and oxygen atoms in total. The second-order valence-electron chi connectivity index (χ2n) is 25.8. The molecule has 0 fully saturated rings. The molecular weight excluding hydrogens is 1400 g/mol. The fourth-order valence-corrected chi connectivity index (χ4v) is 11.4. The van der Waals surface area contributed by atoms with E-state index in [2.05, 4.69) is 210 Å². The highest BCUT2D eigenvalue weighted by atomic mass is 31.2. The Morgan fingerprint density at radius 3 is 0.787 bits per heavy atom. The molecule has 0 saturated carbocycles. The molecule has 0 aliphatic heterocycles. The first-order chi connectivity index (χ1) is 52.7. The van der Waals surface area contributed by atoms with Crippen molar-refractivity contribution in [3.8, 4) is 0 Å². The van der Waals surface area contributed by atoms with Gasteiger partial charge in [0.05, 0.1) is 32.8 Å². The molecule has 0 aliphatic rings. The van der Waals surface area contributed by atoms with Crippen LogP contribution in [-0.2, 0) is 65.4 Å². The fraction of sp³-hybridized carbons (Fsp3) is 0.573. The normalized spacial score (nSPS) is 14.9. The molecule has 108 heavy (non-hydrogen) atoms. The summed E-state index contributed by atoms with van der Waals surface area (Å²) in [6.45, 7) is 4.20. The predicted molar refractivity (Wildman–Crippen MR) is 445 cm³/mol. The molecule has 0 bridgehead atoms. The van der Waals surface area contributed by atoms with E-state index in [9.17, 15) is 43.2 Å². The SMILES string of the molecule is CC/C=C\C/C=C\C/C=C\C/C=C\C/C=C\CCCCCC(=O)OCC(COP(=O)(O)OCC(O)COP(=O)(O)OCC(COC(=O)C/C=C\C/C=C\C/C=C\C/C=C\C/C=C\CC)OC(=O)CCCCCCC/C=C\C/C=C\C/C=C\CC)OC(=O)CCCCCCCC/C=C\C/C=C\C/C=C\C/C=C\CC. The Balaban J connectivity index is 5.52. The van der Waals surface area contributed by atoms with Crippen molar-refractivity contribution in [1.82, 2.24) is 0 Å². The Bertz CT molecular complexity index is 2860. The maximum atomic E-state index is 13.1. The van der Waals surface area contributed by atoms with Gasteiger partial charge in [-0.25, -0.2) is 9.13 Å². The molecule has 0 aliphatic carbocycles. The summed E-state index contributed by atoms with van der Waals surface area (Å²) in [5, 5.41) is 10.7. The molecule has 0 spiro atoms. The summed E-state index contributed by atoms with van der Waals surface area (Å²) in [5.41, 5.74) is 0. The van der Waals surface area contributed by atoms with E-state index < -0.39 is 97.5 Å². The van der Waals surface area contributed by atoms with Crippen LogP contribution < -0.4 is 0 Å². The summed E-state index contributed by atoms with van der Waals surface area (Å²) in [6, 6.07) is 0. The third-order valence-corrected chi connectivity index (χ3v) is 17.7. The Kier molecular flexibility index (Phi) is 74.1. The minimum absolute atomic E-state index is 0.0469. The highest BCUT2D eigenvalue weighted by Crippen LogP contribution is 2.45. The molecule has 5 unspecified atom stereocenters. The molecule has 5 atom stereocenters. The lowest BCUT2D eigenvalue weighted by molar-refractivity contribution is -0.161. The molecule has 0 heterocycles. The molecule has 608 valence electrons. The Labute approximate surface area is 652 Å². The van der Waals surface area contributed by atoms with Gasteiger partial charge in [-0.3, -0.25) is 37.3 Å². The molecule has 0 saturated heterocycles. The molecule has 0 aromatic heterocycles. The van der Waals surface area contributed by atoms with Crippen LogP contribution in [0.25, 0.3) is 0 Å². The standard InChI is InChI=1S/C89H140O17P2/c1-5-9-13-17-21-25-29-33-37-39-41-43-47-50-54-58-62-66-70-74-87(92)100-80-85(106-89(94)76-72-68-64-60-56-52-48-44-42-40-38-34-30-26-22-18-14-10-6-2)82-104-108(97,98)102-78-83(90)77-101-107(95,96)103-81-84(105-88(93)75-71-67-63-59-55-51-46-36-32-28-24-20-16-12-8-4)79-99-86(91)73-69-65-61-57-53-49-45-35-31-27-23-19-15-11-7-3/h9-16,21-28,33-38,41-46,50,53-54,57,65,69,83-85,90H,5-8,17-20,29-32,39-40,47-49,51-52,55-56,58-64,66-68,70-82H2,1-4H3,(H,95,96)(H,97,98)/b13-9-,14-10-,15-11-,16-12-,25-21-,26-22-,27-23-,28-24-,37-33-,38-34-,43-41-,44-42-,45-35-,46-36-,54-50-,57-53-,69-65-. The van der Waals surface area contributed by atoms with Crippen LogP contribution in [0.15, 0.2) is 207 Å². The van der Waals surface area contributed by atoms with Crippen LogP contribution in [-0.4, -0.2) is 96.7 Å². The quantitative estimate of drug-likeness (QED) is 0.0169. The number of phosphoric ester groups is 2. The van der Waals surface area contributed by atoms with Gasteiger partial charge in [-0.1, -0.05) is 286 Å². The van der Waals surface area contributed by atoms with E-state index in [0.29, 0.717) is 25.7 Å². The van der Waals surface area contributed by atoms with Crippen LogP contribution in [0.4, 0.5) is 0 Å². The number of hydrogen-bond acceptors (Lipinski definition) is 15. The number of phosphoric acid groups is 2. The monoisotopic (exact) mass is 1540 g/mol. The number of aliphatic hydroxyl groups is 1. The summed E-state index contributed by atoms with van der Waals surface area (Å²) in [6.07, 6.45) is 98.3. The largest absolute Gasteiger partial charge is 0.472 e. The third-order valence-electron chi connectivity index (χ3n) is 15.8. The van der Waals surface area contributed by atoms with Gasteiger partial charge < -0.3 is 33.8 Å². The van der Waals surface area contributed by atoms with Gasteiger partial charge in [0.1, 0.15) is 19.3 Å². The summed E-state index contributed by atoms with van der Waals surface area (Å²) in [4.78, 5) is 73.1. The zero-order valence-corrected chi connectivity index (χ0v) is 68.2. The molecule has 0 aromatic carbocycles. The predicted octanol–water partition coefficient (Wildman–Crippen LogP) is 23.9. The third kappa shape index (κ3) is 77.8. The van der Waals surface area contributed by atoms with Crippen molar-refractivity contribution in [1.29, 1.82) is 0 Å². The average molecular weight is 1540 g/mol. The van der Waals surface area contributed by atoms with Crippen LogP contribution in [0.3, 0.4) is 0 Å². The Morgan fingerprint density at radius 2 is 0.491 bits per heavy atom. The Morgan fingerprint density at radius 1 is 0.269 bits per heavy atom. The van der Waals surface area contributed by atoms with E-state index >= 15 is 0 Å². The molecule has 0 amide bonds. The molecule has 0 aromatic rings. The fourth-order valence-electron chi connectivity index (χ4n) is 9.79. The van der Waals surface area contributed by atoms with Crippen molar-refractivity contribution in [2.24, 2.45) is 0 Å². The van der Waals surface area contributed by atoms with Crippen LogP contribution in [0.5, 0.6) is 0 Å². The van der Waals surface area contributed by atoms with Crippen LogP contribution in [0, 0.1) is 0 Å². The summed E-state index contributed by atoms with van der Waals surface area (Å²) < 4.78 is 68.5. The van der Waals surface area contributed by atoms with Crippen molar-refractivity contribution >= 4 is 39.5 Å². The first kappa shape index (κ1) is 102. The Hall–Kier alpha value is -6.36. The smallest absolute Gasteiger partial charge is 0.462 e. The van der Waals surface area contributed by atoms with Crippen molar-refractivity contribution in [2.75, 3.05) is 39.6 Å². The molecule has 0 rings (SSSR count). The lowest BCUT2D eigenvalue weighted by Crippen LogP contribution is -2.30. The van der Waals surface area contributed by atoms with E-state index in [1.54, 1.807) is 6.08 Å². The van der Waals surface area contributed by atoms with Gasteiger partial charge in [-0.15, -0.1) is 0 Å². The first-order valence-electron chi connectivity index (χ1n) is 40.3. The van der Waals surface area contributed by atoms with E-state index in [-0.39, 0.29) is 25.7 Å². The second-order valence-corrected chi connectivity index (χ2v) is 28.8. The number of rotatable bonds is 73. The maximum absolute atomic E-state index is 13.1. The van der Waals surface area contributed by atoms with Gasteiger partial charge in [-0.05, 0) is 167 Å². The van der Waals surface area contributed by atoms with E-state index in [1.807, 2.05) is 18.2 Å². The summed E-state index contributed by atoms with van der Waals surface area (Å²) in [7, 11) is -10.0. The highest BCUT2D eigenvalue weighted by molar-refractivity contribution is 7.47. The number of carbonyl (C=O) groups excluding carboxylic acids is 4. The van der Waals surface area contributed by atoms with E-state index in [4.69, 9.17) is 37.0 Å². The zero-order valence-electron chi connectivity index (χ0n) is 66.4. The van der Waals surface area contributed by atoms with Gasteiger partial charge in [0.2, 0.25) is 0 Å². The number of hydrogen-bond donors (Lipinski definition) is 3. The van der Waals surface area contributed by atoms with Gasteiger partial charge in [0.15, 0.2) is 12.2 Å². The molecule has 19 heteroatoms. The summed E-state index contributed by atoms with van der Waals surface area (Å²) >= 11 is 0. The minimum atomic E-state index is -5.02. The zero-order chi connectivity index (χ0) is 78.9. The average Bonchev–Trinajstić information content (AvgIpc) is 0.896. The van der Waals surface area contributed by atoms with Crippen molar-refractivity contribution in [3.63, 3.8) is 0 Å². The van der Waals surface area contributed by atoms with Crippen LogP contribution in [0.1, 0.15) is 272 Å². The van der Waals surface area contributed by atoms with Crippen LogP contribution in [0.2, 0.25) is 0 Å². The number of unbranched alkanes of at least 4 members (excludes halogenated alkanes) is 14. The number of ether oxygens (including phenoxy) is 4. The minimum Gasteiger partial charge on any atom is -0.462 e. The van der Waals surface area contributed by atoms with Gasteiger partial charge in [0.25, 0.3) is 0 Å². The number of esters is 4. The number of allylic oxidation sites excluding steroid dienone is 33. The number of aliphatic hydroxyl groups excluding tert-OH is 1. The maximum Gasteiger partial charge on any atom is 0.472 e. The van der Waals surface area contributed by atoms with Gasteiger partial charge in [-0.2, -0.15) is 0 Å². The lowest BCUT2D eigenvalue weighted by Gasteiger charge is -2.21. The van der Waals surface area contributed by atoms with Crippen LogP contribution >= 0.6 is 15.6 Å². The first-order valence-corrected chi connectivity index (χ1v) is 43.3. The van der Waals surface area contributed by atoms with E-state index in [1.165, 1.54) is 0 Å². The van der Waals surface area contributed by atoms with Gasteiger partial charge in [0, 0.05) is 19.3 Å². The van der Waals surface area contributed by atoms with Crippen molar-refractivity contribution in [3.05, 3.63) is 207 Å². The lowest BCUT2D eigenvalue weighted by atomic mass is 10.1. The highest BCUT2D eigenvalue weighted by Gasteiger charge is 2.30. The molecule has 3 N–H and O–H groups in total. The number of carbonyl (C=O) groups is 4. The topological polar surface area (TPSA) is 237 Å². The summed E-state index contributed by atoms with van der Waals surface area (Å²) in [5.74, 6) is -2.42.